The molecule has 0 bridgehead atoms. The highest BCUT2D eigenvalue weighted by atomic mass is 32.2. The lowest BCUT2D eigenvalue weighted by Gasteiger charge is -2.31. The van der Waals surface area contributed by atoms with Gasteiger partial charge in [0.15, 0.2) is 28.3 Å². The lowest BCUT2D eigenvalue weighted by atomic mass is 9.97. The SMILES string of the molecule is O=C(CC1(c2ccc(-c3ccc(-c4cnco4)cc3)s2)CCN(S(=O)(=O)c2ccccc2)CCS1(=O)=O)NOC1CCCCO1. The average Bonchev–Trinajstić information content (AvgIpc) is 3.76. The largest absolute Gasteiger partial charge is 0.444 e. The van der Waals surface area contributed by atoms with Gasteiger partial charge in [0.25, 0.3) is 0 Å². The molecule has 4 aromatic rings. The number of amides is 1. The standard InChI is InChI=1S/C31H33N3O8S3/c35-29(33-42-30-8-4-5-18-40-30)20-31(15-16-34(17-19-44(31,36)37)45(38,39)25-6-2-1-3-7-25)28-14-13-27(43-28)24-11-9-23(10-12-24)26-21-32-22-41-26/h1-3,6-7,9-14,21-22,30H,4-5,8,15-20H2,(H,33,35). The molecule has 4 heterocycles. The van der Waals surface area contributed by atoms with E-state index >= 15 is 0 Å². The molecular weight excluding hydrogens is 639 g/mol. The zero-order valence-electron chi connectivity index (χ0n) is 24.3. The van der Waals surface area contributed by atoms with E-state index in [0.29, 0.717) is 23.7 Å². The fraction of sp³-hybridized carbons (Fsp3) is 0.355. The number of benzene rings is 2. The van der Waals surface area contributed by atoms with Crippen LogP contribution in [-0.4, -0.2) is 63.8 Å². The molecule has 0 aliphatic carbocycles. The van der Waals surface area contributed by atoms with Crippen LogP contribution >= 0.6 is 11.3 Å². The van der Waals surface area contributed by atoms with Gasteiger partial charge in [-0.05, 0) is 49.1 Å². The molecule has 6 rings (SSSR count). The van der Waals surface area contributed by atoms with E-state index in [1.54, 1.807) is 30.5 Å². The molecule has 2 aromatic heterocycles. The van der Waals surface area contributed by atoms with Gasteiger partial charge in [-0.25, -0.2) is 32.1 Å². The number of sulfonamides is 1. The highest BCUT2D eigenvalue weighted by Crippen LogP contribution is 2.46. The summed E-state index contributed by atoms with van der Waals surface area (Å²) >= 11 is 1.27. The number of thiophene rings is 1. The maximum atomic E-state index is 14.2. The molecule has 45 heavy (non-hydrogen) atoms. The van der Waals surface area contributed by atoms with Crippen molar-refractivity contribution in [3.8, 4) is 21.8 Å². The molecular formula is C31H33N3O8S3. The van der Waals surface area contributed by atoms with Crippen LogP contribution in [-0.2, 0) is 39.0 Å². The number of hydrogen-bond acceptors (Lipinski definition) is 10. The van der Waals surface area contributed by atoms with Gasteiger partial charge in [0.1, 0.15) is 4.75 Å². The Labute approximate surface area is 266 Å². The fourth-order valence-electron chi connectivity index (χ4n) is 5.66. The number of carbonyl (C=O) groups excluding carboxylic acids is 1. The molecule has 2 aromatic carbocycles. The van der Waals surface area contributed by atoms with E-state index in [4.69, 9.17) is 14.0 Å². The monoisotopic (exact) mass is 671 g/mol. The third-order valence-electron chi connectivity index (χ3n) is 8.18. The second-order valence-electron chi connectivity index (χ2n) is 11.0. The summed E-state index contributed by atoms with van der Waals surface area (Å²) < 4.78 is 65.9. The van der Waals surface area contributed by atoms with Crippen molar-refractivity contribution in [1.29, 1.82) is 0 Å². The van der Waals surface area contributed by atoms with Crippen molar-refractivity contribution in [2.45, 2.75) is 48.0 Å². The number of hydroxylamine groups is 1. The maximum absolute atomic E-state index is 14.2. The first kappa shape index (κ1) is 31.6. The van der Waals surface area contributed by atoms with Crippen LogP contribution in [0.25, 0.3) is 21.8 Å². The topological polar surface area (TPSA) is 145 Å². The Bertz CT molecular complexity index is 1820. The van der Waals surface area contributed by atoms with E-state index in [9.17, 15) is 21.6 Å². The predicted molar refractivity (Wildman–Crippen MR) is 168 cm³/mol. The summed E-state index contributed by atoms with van der Waals surface area (Å²) in [7, 11) is -8.02. The van der Waals surface area contributed by atoms with Gasteiger partial charge in [0, 0.05) is 41.4 Å². The smallest absolute Gasteiger partial charge is 0.245 e. The van der Waals surface area contributed by atoms with Crippen molar-refractivity contribution in [1.82, 2.24) is 14.8 Å². The molecule has 1 N–H and O–H groups in total. The van der Waals surface area contributed by atoms with E-state index in [1.165, 1.54) is 34.2 Å². The quantitative estimate of drug-likeness (QED) is 0.250. The fourth-order valence-corrected chi connectivity index (χ4v) is 10.8. The summed E-state index contributed by atoms with van der Waals surface area (Å²) in [5.74, 6) is -0.449. The molecule has 14 heteroatoms. The van der Waals surface area contributed by atoms with Gasteiger partial charge in [-0.3, -0.25) is 4.79 Å². The molecule has 2 unspecified atom stereocenters. The summed E-state index contributed by atoms with van der Waals surface area (Å²) in [6, 6.07) is 19.1. The van der Waals surface area contributed by atoms with Gasteiger partial charge in [-0.2, -0.15) is 4.31 Å². The van der Waals surface area contributed by atoms with Crippen LogP contribution in [0.5, 0.6) is 0 Å². The minimum absolute atomic E-state index is 0.0840. The van der Waals surface area contributed by atoms with Crippen molar-refractivity contribution in [3.63, 3.8) is 0 Å². The number of nitrogens with zero attached hydrogens (tertiary/aromatic N) is 2. The average molecular weight is 672 g/mol. The first-order valence-electron chi connectivity index (χ1n) is 14.6. The number of ether oxygens (including phenoxy) is 1. The van der Waals surface area contributed by atoms with Crippen LogP contribution in [0.1, 0.15) is 37.0 Å². The number of carbonyl (C=O) groups is 1. The van der Waals surface area contributed by atoms with Crippen LogP contribution in [0.4, 0.5) is 0 Å². The normalized spacial score (nSPS) is 22.4. The summed E-state index contributed by atoms with van der Waals surface area (Å²) in [6.07, 6.45) is 4.23. The number of rotatable bonds is 9. The van der Waals surface area contributed by atoms with Gasteiger partial charge in [0.05, 0.1) is 23.3 Å². The second kappa shape index (κ2) is 13.1. The molecule has 0 radical (unpaired) electrons. The molecule has 238 valence electrons. The molecule has 0 spiro atoms. The van der Waals surface area contributed by atoms with E-state index in [-0.39, 0.29) is 24.4 Å². The van der Waals surface area contributed by atoms with Crippen LogP contribution in [0.3, 0.4) is 0 Å². The molecule has 2 atom stereocenters. The first-order chi connectivity index (χ1) is 21.7. The van der Waals surface area contributed by atoms with Gasteiger partial charge in [0.2, 0.25) is 15.9 Å². The van der Waals surface area contributed by atoms with Gasteiger partial charge in [-0.15, -0.1) is 11.3 Å². The van der Waals surface area contributed by atoms with Crippen molar-refractivity contribution in [2.75, 3.05) is 25.4 Å². The molecule has 2 saturated heterocycles. The maximum Gasteiger partial charge on any atom is 0.245 e. The minimum atomic E-state index is -4.06. The van der Waals surface area contributed by atoms with Crippen LogP contribution in [0.15, 0.2) is 88.6 Å². The third-order valence-corrected chi connectivity index (χ3v) is 14.0. The van der Waals surface area contributed by atoms with Crippen LogP contribution in [0, 0.1) is 0 Å². The Balaban J connectivity index is 1.32. The number of sulfone groups is 1. The Hall–Kier alpha value is -3.40. The van der Waals surface area contributed by atoms with E-state index < -0.39 is 49.0 Å². The van der Waals surface area contributed by atoms with Crippen molar-refractivity contribution in [3.05, 3.63) is 84.2 Å². The summed E-state index contributed by atoms with van der Waals surface area (Å²) in [4.78, 5) is 24.1. The van der Waals surface area contributed by atoms with E-state index in [2.05, 4.69) is 10.5 Å². The van der Waals surface area contributed by atoms with Gasteiger partial charge < -0.3 is 9.15 Å². The van der Waals surface area contributed by atoms with Crippen LogP contribution in [0.2, 0.25) is 0 Å². The minimum Gasteiger partial charge on any atom is -0.444 e. The first-order valence-corrected chi connectivity index (χ1v) is 18.5. The zero-order chi connectivity index (χ0) is 31.5. The van der Waals surface area contributed by atoms with Crippen LogP contribution < -0.4 is 5.48 Å². The van der Waals surface area contributed by atoms with Gasteiger partial charge in [-0.1, -0.05) is 42.5 Å². The Morgan fingerprint density at radius 3 is 2.53 bits per heavy atom. The summed E-state index contributed by atoms with van der Waals surface area (Å²) in [6.45, 7) is 0.202. The Morgan fingerprint density at radius 2 is 1.82 bits per heavy atom. The zero-order valence-corrected chi connectivity index (χ0v) is 26.8. The van der Waals surface area contributed by atoms with Crippen molar-refractivity contribution >= 4 is 37.1 Å². The molecule has 2 aliphatic heterocycles. The lowest BCUT2D eigenvalue weighted by molar-refractivity contribution is -0.200. The van der Waals surface area contributed by atoms with E-state index in [1.807, 2.05) is 30.3 Å². The summed E-state index contributed by atoms with van der Waals surface area (Å²) in [5, 5.41) is 0. The highest BCUT2D eigenvalue weighted by molar-refractivity contribution is 7.92. The Kier molecular flexibility index (Phi) is 9.22. The van der Waals surface area contributed by atoms with Gasteiger partial charge >= 0.3 is 0 Å². The number of hydrogen-bond donors (Lipinski definition) is 1. The molecule has 11 nitrogen and oxygen atoms in total. The summed E-state index contributed by atoms with van der Waals surface area (Å²) in [5.41, 5.74) is 4.10. The van der Waals surface area contributed by atoms with Crippen molar-refractivity contribution in [2.24, 2.45) is 0 Å². The Morgan fingerprint density at radius 1 is 1.04 bits per heavy atom. The second-order valence-corrected chi connectivity index (χ2v) is 16.4. The molecule has 2 fully saturated rings. The van der Waals surface area contributed by atoms with E-state index in [0.717, 1.165) is 28.8 Å². The number of aromatic nitrogens is 1. The number of nitrogens with one attached hydrogen (secondary N) is 1. The molecule has 1 amide bonds. The van der Waals surface area contributed by atoms with Crippen molar-refractivity contribution < 1.29 is 35.6 Å². The molecule has 2 aliphatic rings. The number of oxazole rings is 1. The predicted octanol–water partition coefficient (Wildman–Crippen LogP) is 4.74. The lowest BCUT2D eigenvalue weighted by Crippen LogP contribution is -2.43. The third kappa shape index (κ3) is 6.62. The highest BCUT2D eigenvalue weighted by Gasteiger charge is 2.50. The molecule has 0 saturated carbocycles.